The first kappa shape index (κ1) is 20.5. The Bertz CT molecular complexity index is 985. The van der Waals surface area contributed by atoms with E-state index in [1.54, 1.807) is 49.6 Å². The number of methoxy groups -OCH3 is 2. The van der Waals surface area contributed by atoms with Gasteiger partial charge < -0.3 is 14.4 Å². The minimum absolute atomic E-state index is 0.140. The third-order valence-corrected chi connectivity index (χ3v) is 4.68. The molecule has 0 fully saturated rings. The van der Waals surface area contributed by atoms with Crippen LogP contribution in [0, 0.1) is 0 Å². The summed E-state index contributed by atoms with van der Waals surface area (Å²) in [5.74, 6) is 1.25. The van der Waals surface area contributed by atoms with E-state index in [4.69, 9.17) is 21.1 Å². The highest BCUT2D eigenvalue weighted by Gasteiger charge is 2.17. The van der Waals surface area contributed by atoms with E-state index in [2.05, 4.69) is 0 Å². The Morgan fingerprint density at radius 3 is 2.34 bits per heavy atom. The van der Waals surface area contributed by atoms with Gasteiger partial charge >= 0.3 is 0 Å². The summed E-state index contributed by atoms with van der Waals surface area (Å²) in [6.07, 6.45) is 3.69. The van der Waals surface area contributed by atoms with Gasteiger partial charge in [-0.2, -0.15) is 0 Å². The number of hydrogen-bond donors (Lipinski definition) is 0. The van der Waals surface area contributed by atoms with Gasteiger partial charge in [-0.15, -0.1) is 0 Å². The molecule has 0 heterocycles. The molecule has 0 aliphatic heterocycles. The first-order chi connectivity index (χ1) is 14.1. The Labute approximate surface area is 175 Å². The second kappa shape index (κ2) is 9.80. The fourth-order valence-corrected chi connectivity index (χ4v) is 3.01. The van der Waals surface area contributed by atoms with Crippen molar-refractivity contribution in [3.05, 3.63) is 101 Å². The van der Waals surface area contributed by atoms with Gasteiger partial charge in [0.15, 0.2) is 0 Å². The quantitative estimate of drug-likeness (QED) is 0.506. The summed E-state index contributed by atoms with van der Waals surface area (Å²) in [4.78, 5) is 14.8. The number of benzene rings is 3. The Balaban J connectivity index is 1.95. The van der Waals surface area contributed by atoms with Crippen LogP contribution < -0.4 is 9.47 Å². The van der Waals surface area contributed by atoms with E-state index in [9.17, 15) is 4.79 Å². The van der Waals surface area contributed by atoms with Crippen LogP contribution in [0.2, 0.25) is 5.02 Å². The number of amides is 1. The van der Waals surface area contributed by atoms with Crippen molar-refractivity contribution >= 4 is 23.6 Å². The van der Waals surface area contributed by atoms with Gasteiger partial charge in [0.25, 0.3) is 5.91 Å². The van der Waals surface area contributed by atoms with E-state index in [1.165, 1.54) is 0 Å². The van der Waals surface area contributed by atoms with Gasteiger partial charge in [0, 0.05) is 22.3 Å². The van der Waals surface area contributed by atoms with Crippen LogP contribution in [0.1, 0.15) is 21.5 Å². The molecule has 0 bridgehead atoms. The molecule has 3 aromatic rings. The molecule has 0 aliphatic rings. The zero-order chi connectivity index (χ0) is 20.6. The predicted molar refractivity (Wildman–Crippen MR) is 116 cm³/mol. The van der Waals surface area contributed by atoms with Gasteiger partial charge in [0.05, 0.1) is 20.8 Å². The summed E-state index contributed by atoms with van der Waals surface area (Å²) in [6, 6.07) is 22.2. The fraction of sp³-hybridized carbons (Fsp3) is 0.125. The Morgan fingerprint density at radius 1 is 0.966 bits per heavy atom. The molecule has 0 aliphatic carbocycles. The number of rotatable bonds is 7. The van der Waals surface area contributed by atoms with Crippen LogP contribution in [0.4, 0.5) is 0 Å². The van der Waals surface area contributed by atoms with Crippen molar-refractivity contribution in [1.29, 1.82) is 0 Å². The fourth-order valence-electron chi connectivity index (χ4n) is 2.88. The van der Waals surface area contributed by atoms with E-state index >= 15 is 0 Å². The number of carbonyl (C=O) groups excluding carboxylic acids is 1. The summed E-state index contributed by atoms with van der Waals surface area (Å²) >= 11 is 5.97. The Hall–Kier alpha value is -3.24. The Kier molecular flexibility index (Phi) is 6.93. The lowest BCUT2D eigenvalue weighted by atomic mass is 10.1. The third kappa shape index (κ3) is 5.39. The molecule has 0 spiro atoms. The highest BCUT2D eigenvalue weighted by molar-refractivity contribution is 6.30. The third-order valence-electron chi connectivity index (χ3n) is 4.43. The van der Waals surface area contributed by atoms with E-state index < -0.39 is 0 Å². The van der Waals surface area contributed by atoms with Gasteiger partial charge in [0.2, 0.25) is 0 Å². The van der Waals surface area contributed by atoms with Crippen molar-refractivity contribution in [2.75, 3.05) is 14.2 Å². The van der Waals surface area contributed by atoms with Crippen molar-refractivity contribution in [2.24, 2.45) is 0 Å². The monoisotopic (exact) mass is 407 g/mol. The van der Waals surface area contributed by atoms with E-state index in [0.29, 0.717) is 28.6 Å². The predicted octanol–water partition coefficient (Wildman–Crippen LogP) is 5.67. The number of hydrogen-bond acceptors (Lipinski definition) is 3. The highest BCUT2D eigenvalue weighted by Crippen LogP contribution is 2.26. The standard InChI is InChI=1S/C24H22ClNO3/c1-28-22-12-13-23(29-2)20(16-22)17-26(15-14-18-6-4-3-5-7-18)24(27)19-8-10-21(25)11-9-19/h3-16H,17H2,1-2H3/b15-14+. The highest BCUT2D eigenvalue weighted by atomic mass is 35.5. The number of nitrogens with zero attached hydrogens (tertiary/aromatic N) is 1. The zero-order valence-electron chi connectivity index (χ0n) is 16.3. The van der Waals surface area contributed by atoms with Crippen molar-refractivity contribution in [2.45, 2.75) is 6.54 Å². The van der Waals surface area contributed by atoms with E-state index in [-0.39, 0.29) is 5.91 Å². The summed E-state index contributed by atoms with van der Waals surface area (Å²) in [7, 11) is 3.22. The minimum Gasteiger partial charge on any atom is -0.497 e. The maximum Gasteiger partial charge on any atom is 0.258 e. The molecule has 0 radical (unpaired) electrons. The van der Waals surface area contributed by atoms with Crippen LogP contribution in [0.15, 0.2) is 79.0 Å². The first-order valence-corrected chi connectivity index (χ1v) is 9.49. The molecular formula is C24H22ClNO3. The topological polar surface area (TPSA) is 38.8 Å². The molecule has 0 aromatic heterocycles. The van der Waals surface area contributed by atoms with Crippen LogP contribution in [0.3, 0.4) is 0 Å². The first-order valence-electron chi connectivity index (χ1n) is 9.11. The van der Waals surface area contributed by atoms with Gasteiger partial charge in [-0.25, -0.2) is 0 Å². The maximum atomic E-state index is 13.2. The van der Waals surface area contributed by atoms with Gasteiger partial charge in [-0.05, 0) is 54.1 Å². The summed E-state index contributed by atoms with van der Waals surface area (Å²) in [5.41, 5.74) is 2.39. The van der Waals surface area contributed by atoms with Gasteiger partial charge in [0.1, 0.15) is 11.5 Å². The largest absolute Gasteiger partial charge is 0.497 e. The zero-order valence-corrected chi connectivity index (χ0v) is 17.1. The molecule has 1 amide bonds. The smallest absolute Gasteiger partial charge is 0.258 e. The average Bonchev–Trinajstić information content (AvgIpc) is 2.77. The summed E-state index contributed by atoms with van der Waals surface area (Å²) in [6.45, 7) is 0.325. The molecule has 3 aromatic carbocycles. The number of halogens is 1. The molecule has 3 rings (SSSR count). The van der Waals surface area contributed by atoms with Gasteiger partial charge in [-0.3, -0.25) is 4.79 Å². The van der Waals surface area contributed by atoms with E-state index in [1.807, 2.05) is 54.6 Å². The minimum atomic E-state index is -0.140. The second-order valence-corrected chi connectivity index (χ2v) is 6.78. The molecule has 0 atom stereocenters. The molecule has 0 saturated heterocycles. The second-order valence-electron chi connectivity index (χ2n) is 6.34. The lowest BCUT2D eigenvalue weighted by molar-refractivity contribution is 0.0814. The maximum absolute atomic E-state index is 13.2. The van der Waals surface area contributed by atoms with Crippen LogP contribution in [0.5, 0.6) is 11.5 Å². The SMILES string of the molecule is COc1ccc(OC)c(CN(/C=C/c2ccccc2)C(=O)c2ccc(Cl)cc2)c1. The summed E-state index contributed by atoms with van der Waals surface area (Å²) < 4.78 is 10.8. The average molecular weight is 408 g/mol. The van der Waals surface area contributed by atoms with Crippen molar-refractivity contribution in [3.8, 4) is 11.5 Å². The Morgan fingerprint density at radius 2 is 1.69 bits per heavy atom. The van der Waals surface area contributed by atoms with Gasteiger partial charge in [-0.1, -0.05) is 41.9 Å². The molecule has 5 heteroatoms. The van der Waals surface area contributed by atoms with Crippen molar-refractivity contribution < 1.29 is 14.3 Å². The molecule has 29 heavy (non-hydrogen) atoms. The number of carbonyl (C=O) groups is 1. The number of ether oxygens (including phenoxy) is 2. The normalized spacial score (nSPS) is 10.7. The lowest BCUT2D eigenvalue weighted by Gasteiger charge is -2.21. The van der Waals surface area contributed by atoms with Crippen molar-refractivity contribution in [1.82, 2.24) is 4.90 Å². The molecule has 4 nitrogen and oxygen atoms in total. The van der Waals surface area contributed by atoms with Crippen LogP contribution >= 0.6 is 11.6 Å². The van der Waals surface area contributed by atoms with Crippen LogP contribution in [-0.4, -0.2) is 25.0 Å². The summed E-state index contributed by atoms with van der Waals surface area (Å²) in [5, 5.41) is 0.586. The van der Waals surface area contributed by atoms with Crippen LogP contribution in [-0.2, 0) is 6.54 Å². The van der Waals surface area contributed by atoms with E-state index in [0.717, 1.165) is 11.1 Å². The molecule has 0 unspecified atom stereocenters. The molecule has 0 N–H and O–H groups in total. The molecule has 0 saturated carbocycles. The van der Waals surface area contributed by atoms with Crippen molar-refractivity contribution in [3.63, 3.8) is 0 Å². The molecule has 148 valence electrons. The lowest BCUT2D eigenvalue weighted by Crippen LogP contribution is -2.25. The molecular weight excluding hydrogens is 386 g/mol. The van der Waals surface area contributed by atoms with Crippen LogP contribution in [0.25, 0.3) is 6.08 Å².